The Morgan fingerprint density at radius 1 is 1.03 bits per heavy atom. The summed E-state index contributed by atoms with van der Waals surface area (Å²) in [6, 6.07) is 16.6. The summed E-state index contributed by atoms with van der Waals surface area (Å²) >= 11 is 0. The minimum atomic E-state index is -4.50. The van der Waals surface area contributed by atoms with E-state index in [2.05, 4.69) is 15.4 Å². The smallest absolute Gasteiger partial charge is 0.305 e. The van der Waals surface area contributed by atoms with Crippen molar-refractivity contribution >= 4 is 22.6 Å². The highest BCUT2D eigenvalue weighted by molar-refractivity contribution is 6.04. The highest BCUT2D eigenvalue weighted by Gasteiger charge is 2.30. The number of rotatable bonds is 3. The van der Waals surface area contributed by atoms with Crippen LogP contribution in [0.25, 0.3) is 16.7 Å². The van der Waals surface area contributed by atoms with Crippen LogP contribution in [0.1, 0.15) is 21.5 Å². The topological polar surface area (TPSA) is 83.6 Å². The molecule has 30 heavy (non-hydrogen) atoms. The lowest BCUT2D eigenvalue weighted by molar-refractivity contribution is -0.137. The van der Waals surface area contributed by atoms with E-state index >= 15 is 0 Å². The largest absolute Gasteiger partial charge is 0.416 e. The number of hydrogen-bond donors (Lipinski definition) is 1. The van der Waals surface area contributed by atoms with Gasteiger partial charge in [-0.15, -0.1) is 0 Å². The Morgan fingerprint density at radius 2 is 1.77 bits per heavy atom. The summed E-state index contributed by atoms with van der Waals surface area (Å²) in [4.78, 5) is 17.1. The van der Waals surface area contributed by atoms with Gasteiger partial charge in [0.15, 0.2) is 11.6 Å². The van der Waals surface area contributed by atoms with Crippen molar-refractivity contribution in [1.82, 2.24) is 14.8 Å². The summed E-state index contributed by atoms with van der Waals surface area (Å²) in [5.74, 6) is -0.231. The summed E-state index contributed by atoms with van der Waals surface area (Å²) in [5.41, 5.74) is -0.0671. The first-order valence-corrected chi connectivity index (χ1v) is 8.70. The normalized spacial score (nSPS) is 11.3. The molecule has 0 fully saturated rings. The third-order valence-electron chi connectivity index (χ3n) is 4.40. The Labute approximate surface area is 168 Å². The van der Waals surface area contributed by atoms with Crippen molar-refractivity contribution in [3.05, 3.63) is 83.6 Å². The molecule has 0 aliphatic rings. The molecular weight excluding hydrogens is 395 g/mol. The van der Waals surface area contributed by atoms with Gasteiger partial charge in [-0.25, -0.2) is 4.98 Å². The molecule has 1 N–H and O–H groups in total. The van der Waals surface area contributed by atoms with Gasteiger partial charge in [0.25, 0.3) is 5.91 Å². The molecule has 0 saturated heterocycles. The Morgan fingerprint density at radius 3 is 2.47 bits per heavy atom. The molecule has 2 aromatic carbocycles. The minimum Gasteiger partial charge on any atom is -0.305 e. The quantitative estimate of drug-likeness (QED) is 0.540. The first-order valence-electron chi connectivity index (χ1n) is 8.70. The number of hydrogen-bond acceptors (Lipinski definition) is 4. The van der Waals surface area contributed by atoms with Crippen molar-refractivity contribution in [1.29, 1.82) is 5.26 Å². The van der Waals surface area contributed by atoms with Crippen LogP contribution in [0.15, 0.2) is 66.9 Å². The molecule has 2 heterocycles. The van der Waals surface area contributed by atoms with Crippen LogP contribution in [-0.2, 0) is 6.18 Å². The number of halogens is 3. The number of nitrogens with one attached hydrogen (secondary N) is 1. The molecular formula is C21H12F3N5O. The molecule has 0 radical (unpaired) electrons. The van der Waals surface area contributed by atoms with Crippen LogP contribution in [0.2, 0.25) is 0 Å². The summed E-state index contributed by atoms with van der Waals surface area (Å²) in [5, 5.41) is 16.9. The van der Waals surface area contributed by atoms with Gasteiger partial charge in [-0.3, -0.25) is 4.79 Å². The van der Waals surface area contributed by atoms with Gasteiger partial charge < -0.3 is 5.32 Å². The van der Waals surface area contributed by atoms with Crippen molar-refractivity contribution < 1.29 is 18.0 Å². The van der Waals surface area contributed by atoms with Gasteiger partial charge in [-0.05, 0) is 42.5 Å². The monoisotopic (exact) mass is 407 g/mol. The second kappa shape index (κ2) is 7.33. The third-order valence-corrected chi connectivity index (χ3v) is 4.40. The fraction of sp³-hybridized carbons (Fsp3) is 0.0476. The second-order valence-corrected chi connectivity index (χ2v) is 6.32. The number of aromatic nitrogens is 3. The average Bonchev–Trinajstić information content (AvgIpc) is 3.15. The molecule has 0 bridgehead atoms. The molecule has 148 valence electrons. The highest BCUT2D eigenvalue weighted by Crippen LogP contribution is 2.29. The molecule has 0 atom stereocenters. The SMILES string of the molecule is N#Cc1cnn(-c2ccc3ccccc3n2)c1NC(=O)c1ccc(C(F)(F)F)cc1. The molecule has 9 heteroatoms. The number of alkyl halides is 3. The molecule has 0 saturated carbocycles. The van der Waals surface area contributed by atoms with E-state index in [1.54, 1.807) is 6.07 Å². The van der Waals surface area contributed by atoms with E-state index in [-0.39, 0.29) is 16.9 Å². The summed E-state index contributed by atoms with van der Waals surface area (Å²) in [6.45, 7) is 0. The van der Waals surface area contributed by atoms with Crippen molar-refractivity contribution in [3.8, 4) is 11.9 Å². The highest BCUT2D eigenvalue weighted by atomic mass is 19.4. The van der Waals surface area contributed by atoms with Gasteiger partial charge in [-0.2, -0.15) is 28.2 Å². The summed E-state index contributed by atoms with van der Waals surface area (Å²) in [6.07, 6.45) is -3.22. The number of para-hydroxylation sites is 1. The number of carbonyl (C=O) groups excluding carboxylic acids is 1. The van der Waals surface area contributed by atoms with E-state index in [1.807, 2.05) is 36.4 Å². The van der Waals surface area contributed by atoms with Crippen LogP contribution >= 0.6 is 0 Å². The molecule has 1 amide bonds. The number of nitriles is 1. The fourth-order valence-electron chi connectivity index (χ4n) is 2.89. The molecule has 4 rings (SSSR count). The number of nitrogens with zero attached hydrogens (tertiary/aromatic N) is 4. The molecule has 4 aromatic rings. The number of benzene rings is 2. The predicted octanol–water partition coefficient (Wildman–Crippen LogP) is 4.56. The standard InChI is InChI=1S/C21H12F3N5O/c22-21(23,24)16-8-5-14(6-9-16)20(30)28-19-15(11-25)12-26-29(19)18-10-7-13-3-1-2-4-17(13)27-18/h1-10,12H,(H,28,30). The number of anilines is 1. The van der Waals surface area contributed by atoms with Crippen molar-refractivity contribution in [2.75, 3.05) is 5.32 Å². The van der Waals surface area contributed by atoms with E-state index < -0.39 is 17.6 Å². The maximum atomic E-state index is 12.7. The van der Waals surface area contributed by atoms with Crippen molar-refractivity contribution in [3.63, 3.8) is 0 Å². The molecule has 6 nitrogen and oxygen atoms in total. The Kier molecular flexibility index (Phi) is 4.68. The molecule has 0 aliphatic heterocycles. The fourth-order valence-corrected chi connectivity index (χ4v) is 2.89. The van der Waals surface area contributed by atoms with Crippen molar-refractivity contribution in [2.45, 2.75) is 6.18 Å². The van der Waals surface area contributed by atoms with Gasteiger partial charge in [0, 0.05) is 10.9 Å². The van der Waals surface area contributed by atoms with Gasteiger partial charge >= 0.3 is 6.18 Å². The zero-order valence-corrected chi connectivity index (χ0v) is 15.2. The van der Waals surface area contributed by atoms with Gasteiger partial charge in [0.05, 0.1) is 17.3 Å². The lowest BCUT2D eigenvalue weighted by Crippen LogP contribution is -2.17. The first kappa shape index (κ1) is 19.1. The zero-order chi connectivity index (χ0) is 21.3. The van der Waals surface area contributed by atoms with E-state index in [1.165, 1.54) is 10.9 Å². The van der Waals surface area contributed by atoms with E-state index in [0.29, 0.717) is 11.3 Å². The Balaban J connectivity index is 1.68. The van der Waals surface area contributed by atoms with Crippen molar-refractivity contribution in [2.24, 2.45) is 0 Å². The minimum absolute atomic E-state index is 0.00566. The number of carbonyl (C=O) groups is 1. The van der Waals surface area contributed by atoms with Gasteiger partial charge in [0.1, 0.15) is 11.6 Å². The third kappa shape index (κ3) is 3.58. The van der Waals surface area contributed by atoms with Crippen LogP contribution < -0.4 is 5.32 Å². The van der Waals surface area contributed by atoms with E-state index in [0.717, 1.165) is 29.7 Å². The number of amides is 1. The van der Waals surface area contributed by atoms with E-state index in [4.69, 9.17) is 0 Å². The molecule has 0 unspecified atom stereocenters. The molecule has 0 spiro atoms. The Hall–Kier alpha value is -4.19. The van der Waals surface area contributed by atoms with Crippen LogP contribution in [0, 0.1) is 11.3 Å². The summed E-state index contributed by atoms with van der Waals surface area (Å²) < 4.78 is 39.5. The Bertz CT molecular complexity index is 1290. The molecule has 2 aromatic heterocycles. The van der Waals surface area contributed by atoms with E-state index in [9.17, 15) is 23.2 Å². The van der Waals surface area contributed by atoms with Crippen LogP contribution in [0.3, 0.4) is 0 Å². The maximum absolute atomic E-state index is 12.7. The van der Waals surface area contributed by atoms with Gasteiger partial charge in [0.2, 0.25) is 0 Å². The second-order valence-electron chi connectivity index (χ2n) is 6.32. The van der Waals surface area contributed by atoms with Crippen LogP contribution in [0.5, 0.6) is 0 Å². The molecule has 0 aliphatic carbocycles. The van der Waals surface area contributed by atoms with Crippen LogP contribution in [-0.4, -0.2) is 20.7 Å². The number of pyridine rings is 1. The van der Waals surface area contributed by atoms with Gasteiger partial charge in [-0.1, -0.05) is 18.2 Å². The lowest BCUT2D eigenvalue weighted by atomic mass is 10.1. The predicted molar refractivity (Wildman–Crippen MR) is 103 cm³/mol. The zero-order valence-electron chi connectivity index (χ0n) is 15.2. The van der Waals surface area contributed by atoms with Crippen LogP contribution in [0.4, 0.5) is 19.0 Å². The average molecular weight is 407 g/mol. The summed E-state index contributed by atoms with van der Waals surface area (Å²) in [7, 11) is 0. The number of fused-ring (bicyclic) bond motifs is 1. The first-order chi connectivity index (χ1) is 14.4. The maximum Gasteiger partial charge on any atom is 0.416 e. The lowest BCUT2D eigenvalue weighted by Gasteiger charge is -2.11.